The van der Waals surface area contributed by atoms with Crippen LogP contribution in [0.4, 0.5) is 0 Å². The number of carbonyl (C=O) groups excluding carboxylic acids is 1. The number of aryl methyl sites for hydroxylation is 1. The third-order valence-electron chi connectivity index (χ3n) is 8.61. The highest BCUT2D eigenvalue weighted by Gasteiger charge is 2.55. The highest BCUT2D eigenvalue weighted by Crippen LogP contribution is 2.35. The van der Waals surface area contributed by atoms with E-state index in [-0.39, 0.29) is 11.3 Å². The van der Waals surface area contributed by atoms with Crippen LogP contribution in [0.3, 0.4) is 0 Å². The summed E-state index contributed by atoms with van der Waals surface area (Å²) >= 11 is 0. The van der Waals surface area contributed by atoms with E-state index in [1.165, 1.54) is 32.0 Å². The molecule has 0 saturated carbocycles. The van der Waals surface area contributed by atoms with E-state index in [0.29, 0.717) is 10.9 Å². The van der Waals surface area contributed by atoms with E-state index in [9.17, 15) is 50.4 Å². The molecule has 18 heteroatoms. The van der Waals surface area contributed by atoms with E-state index in [0.717, 1.165) is 0 Å². The summed E-state index contributed by atoms with van der Waals surface area (Å²) in [5.41, 5.74) is 0.226. The molecule has 0 radical (unpaired) electrons. The number of fused-ring (bicyclic) bond motifs is 1. The second kappa shape index (κ2) is 15.0. The Hall–Kier alpha value is -2.82. The Labute approximate surface area is 272 Å². The van der Waals surface area contributed by atoms with Crippen LogP contribution in [0.1, 0.15) is 19.4 Å². The van der Waals surface area contributed by atoms with Crippen LogP contribution in [0, 0.1) is 6.92 Å². The van der Waals surface area contributed by atoms with E-state index in [1.807, 2.05) is 0 Å². The van der Waals surface area contributed by atoms with Crippen molar-refractivity contribution in [1.29, 1.82) is 0 Å². The number of rotatable bonds is 9. The zero-order valence-corrected chi connectivity index (χ0v) is 26.1. The summed E-state index contributed by atoms with van der Waals surface area (Å²) in [5, 5.41) is 86.1. The lowest BCUT2D eigenvalue weighted by atomic mass is 9.94. The molecule has 1 amide bonds. The van der Waals surface area contributed by atoms with Gasteiger partial charge in [0.05, 0.1) is 19.3 Å². The van der Waals surface area contributed by atoms with Crippen LogP contribution in [0.25, 0.3) is 11.0 Å². The second-order valence-electron chi connectivity index (χ2n) is 12.1. The maximum atomic E-state index is 12.5. The van der Waals surface area contributed by atoms with E-state index < -0.39 is 117 Å². The van der Waals surface area contributed by atoms with Crippen molar-refractivity contribution in [2.75, 3.05) is 13.2 Å². The van der Waals surface area contributed by atoms with Gasteiger partial charge in [0.25, 0.3) is 0 Å². The zero-order valence-electron chi connectivity index (χ0n) is 26.1. The summed E-state index contributed by atoms with van der Waals surface area (Å²) in [4.78, 5) is 24.6. The third-order valence-corrected chi connectivity index (χ3v) is 8.61. The summed E-state index contributed by atoms with van der Waals surface area (Å²) in [6.45, 7) is 2.73. The van der Waals surface area contributed by atoms with Gasteiger partial charge in [0, 0.05) is 24.4 Å². The number of aliphatic hydroxyl groups excluding tert-OH is 8. The van der Waals surface area contributed by atoms with Gasteiger partial charge in [-0.15, -0.1) is 0 Å². The van der Waals surface area contributed by atoms with Crippen LogP contribution in [0.5, 0.6) is 5.75 Å². The molecule has 1 aromatic carbocycles. The first-order chi connectivity index (χ1) is 22.7. The lowest BCUT2D eigenvalue weighted by Gasteiger charge is -2.50. The number of ether oxygens (including phenoxy) is 6. The number of hydrogen-bond acceptors (Lipinski definition) is 17. The lowest BCUT2D eigenvalue weighted by molar-refractivity contribution is -0.368. The molecule has 0 spiro atoms. The van der Waals surface area contributed by atoms with Crippen LogP contribution >= 0.6 is 0 Å². The van der Waals surface area contributed by atoms with Crippen LogP contribution in [-0.2, 0) is 28.5 Å². The molecule has 48 heavy (non-hydrogen) atoms. The molecule has 18 nitrogen and oxygen atoms in total. The molecular formula is C30H41NO17. The molecule has 0 bridgehead atoms. The van der Waals surface area contributed by atoms with Crippen molar-refractivity contribution < 1.29 is 78.5 Å². The number of hydrogen-bond donors (Lipinski definition) is 9. The monoisotopic (exact) mass is 687 g/mol. The molecule has 1 aromatic heterocycles. The Kier molecular flexibility index (Phi) is 11.4. The Morgan fingerprint density at radius 1 is 0.792 bits per heavy atom. The van der Waals surface area contributed by atoms with Crippen molar-refractivity contribution in [2.45, 2.75) is 113 Å². The van der Waals surface area contributed by atoms with Gasteiger partial charge < -0.3 is 79.0 Å². The molecule has 15 unspecified atom stereocenters. The molecule has 0 aliphatic carbocycles. The lowest BCUT2D eigenvalue weighted by Crippen LogP contribution is -2.70. The molecule has 3 aliphatic heterocycles. The second-order valence-corrected chi connectivity index (χ2v) is 12.1. The van der Waals surface area contributed by atoms with Crippen molar-refractivity contribution in [3.05, 3.63) is 40.2 Å². The van der Waals surface area contributed by atoms with Gasteiger partial charge in [-0.2, -0.15) is 0 Å². The van der Waals surface area contributed by atoms with E-state index >= 15 is 0 Å². The predicted octanol–water partition coefficient (Wildman–Crippen LogP) is -3.90. The summed E-state index contributed by atoms with van der Waals surface area (Å²) in [6.07, 6.45) is -22.3. The van der Waals surface area contributed by atoms with Gasteiger partial charge in [-0.25, -0.2) is 4.79 Å². The van der Waals surface area contributed by atoms with Crippen LogP contribution in [0.15, 0.2) is 33.5 Å². The van der Waals surface area contributed by atoms with Gasteiger partial charge in [-0.3, -0.25) is 4.79 Å². The van der Waals surface area contributed by atoms with Crippen molar-refractivity contribution in [3.8, 4) is 5.75 Å². The van der Waals surface area contributed by atoms with Crippen LogP contribution < -0.4 is 15.7 Å². The maximum Gasteiger partial charge on any atom is 0.336 e. The molecule has 3 aliphatic rings. The number of carbonyl (C=O) groups is 1. The van der Waals surface area contributed by atoms with Gasteiger partial charge in [0.2, 0.25) is 12.2 Å². The molecule has 9 N–H and O–H groups in total. The molecular weight excluding hydrogens is 646 g/mol. The minimum atomic E-state index is -1.89. The van der Waals surface area contributed by atoms with Gasteiger partial charge >= 0.3 is 5.63 Å². The summed E-state index contributed by atoms with van der Waals surface area (Å²) in [7, 11) is 0. The average Bonchev–Trinajstić information content (AvgIpc) is 3.04. The standard InChI is InChI=1S/C30H41NO17/c1-10-6-18(35)44-15-7-13(4-5-14(10)15)43-28-19(31-12(3)34)27(48-29-24(40)22(38)20(36)11(2)42-29)26(17(9-33)46-28)47-30-25(41)23(39)21(37)16(8-32)45-30/h4-7,11,16-17,19-30,32-33,36-41H,8-9H2,1-3H3,(H,31,34). The van der Waals surface area contributed by atoms with Crippen molar-refractivity contribution >= 4 is 16.9 Å². The van der Waals surface area contributed by atoms with Gasteiger partial charge in [0.1, 0.15) is 78.4 Å². The van der Waals surface area contributed by atoms with E-state index in [2.05, 4.69) is 5.32 Å². The fraction of sp³-hybridized carbons (Fsp3) is 0.667. The number of amides is 1. The van der Waals surface area contributed by atoms with Crippen molar-refractivity contribution in [3.63, 3.8) is 0 Å². The molecule has 4 heterocycles. The van der Waals surface area contributed by atoms with E-state index in [4.69, 9.17) is 32.8 Å². The summed E-state index contributed by atoms with van der Waals surface area (Å²) < 4.78 is 40.7. The molecule has 3 saturated heterocycles. The Morgan fingerprint density at radius 2 is 1.40 bits per heavy atom. The highest BCUT2D eigenvalue weighted by molar-refractivity contribution is 5.81. The first-order valence-electron chi connectivity index (χ1n) is 15.3. The Bertz CT molecular complexity index is 1470. The maximum absolute atomic E-state index is 12.5. The third kappa shape index (κ3) is 7.36. The Balaban J connectivity index is 1.53. The van der Waals surface area contributed by atoms with Gasteiger partial charge in [-0.1, -0.05) is 0 Å². The quantitative estimate of drug-likeness (QED) is 0.114. The minimum Gasteiger partial charge on any atom is -0.462 e. The zero-order chi connectivity index (χ0) is 35.0. The van der Waals surface area contributed by atoms with E-state index in [1.54, 1.807) is 13.0 Å². The number of aliphatic hydroxyl groups is 8. The highest BCUT2D eigenvalue weighted by atomic mass is 16.8. The predicted molar refractivity (Wildman–Crippen MR) is 157 cm³/mol. The van der Waals surface area contributed by atoms with Gasteiger partial charge in [-0.05, 0) is 31.5 Å². The fourth-order valence-corrected chi connectivity index (χ4v) is 5.99. The Morgan fingerprint density at radius 3 is 2.04 bits per heavy atom. The molecule has 268 valence electrons. The molecule has 2 aromatic rings. The van der Waals surface area contributed by atoms with Crippen molar-refractivity contribution in [1.82, 2.24) is 5.32 Å². The topological polar surface area (TPSA) is 277 Å². The largest absolute Gasteiger partial charge is 0.462 e. The molecule has 3 fully saturated rings. The van der Waals surface area contributed by atoms with Crippen LogP contribution in [0.2, 0.25) is 0 Å². The SMILES string of the molecule is CC(=O)NC1C(Oc2ccc3c(C)cc(=O)oc3c2)OC(CO)C(OC2OC(CO)C(O)C(O)C2O)C1OC1OC(C)C(O)C(O)C1O. The minimum absolute atomic E-state index is 0.0986. The molecule has 5 rings (SSSR count). The van der Waals surface area contributed by atoms with Crippen molar-refractivity contribution in [2.24, 2.45) is 0 Å². The number of benzene rings is 1. The fourth-order valence-electron chi connectivity index (χ4n) is 5.99. The summed E-state index contributed by atoms with van der Waals surface area (Å²) in [6, 6.07) is 4.52. The summed E-state index contributed by atoms with van der Waals surface area (Å²) in [5.74, 6) is -0.532. The average molecular weight is 688 g/mol. The number of nitrogens with one attached hydrogen (secondary N) is 1. The first-order valence-corrected chi connectivity index (χ1v) is 15.3. The first kappa shape index (κ1) is 36.5. The molecule has 15 atom stereocenters. The normalized spacial score (nSPS) is 40.4. The smallest absolute Gasteiger partial charge is 0.336 e. The van der Waals surface area contributed by atoms with Gasteiger partial charge in [0.15, 0.2) is 12.6 Å². The van der Waals surface area contributed by atoms with Crippen LogP contribution in [-0.4, -0.2) is 152 Å².